The van der Waals surface area contributed by atoms with Crippen LogP contribution >= 0.6 is 0 Å². The normalized spacial score (nSPS) is 10.9. The van der Waals surface area contributed by atoms with Crippen molar-refractivity contribution in [3.8, 4) is 16.9 Å². The van der Waals surface area contributed by atoms with Crippen LogP contribution in [-0.2, 0) is 22.6 Å². The number of carbonyl (C=O) groups is 1. The Morgan fingerprint density at radius 1 is 0.967 bits per heavy atom. The fourth-order valence-corrected chi connectivity index (χ4v) is 3.60. The van der Waals surface area contributed by atoms with Gasteiger partial charge in [-0.05, 0) is 60.4 Å². The van der Waals surface area contributed by atoms with Crippen molar-refractivity contribution in [2.75, 3.05) is 6.61 Å². The van der Waals surface area contributed by atoms with Gasteiger partial charge in [0.05, 0.1) is 19.3 Å². The van der Waals surface area contributed by atoms with Gasteiger partial charge < -0.3 is 13.9 Å². The first-order chi connectivity index (χ1) is 14.6. The number of fused-ring (bicyclic) bond motifs is 1. The van der Waals surface area contributed by atoms with Crippen LogP contribution in [0.3, 0.4) is 0 Å². The van der Waals surface area contributed by atoms with Crippen molar-refractivity contribution < 1.29 is 18.7 Å². The monoisotopic (exact) mass is 400 g/mol. The zero-order valence-electron chi connectivity index (χ0n) is 17.2. The predicted molar refractivity (Wildman–Crippen MR) is 117 cm³/mol. The van der Waals surface area contributed by atoms with E-state index in [-0.39, 0.29) is 12.4 Å². The maximum Gasteiger partial charge on any atom is 0.310 e. The van der Waals surface area contributed by atoms with Gasteiger partial charge in [-0.1, -0.05) is 42.5 Å². The molecule has 0 radical (unpaired) electrons. The Balaban J connectivity index is 1.63. The summed E-state index contributed by atoms with van der Waals surface area (Å²) in [5.41, 5.74) is 5.97. The molecule has 4 nitrogen and oxygen atoms in total. The van der Waals surface area contributed by atoms with Crippen LogP contribution in [0.1, 0.15) is 23.6 Å². The van der Waals surface area contributed by atoms with Crippen molar-refractivity contribution in [3.05, 3.63) is 89.7 Å². The third kappa shape index (κ3) is 4.38. The number of carbonyl (C=O) groups excluding carboxylic acids is 1. The molecule has 4 aromatic rings. The van der Waals surface area contributed by atoms with Crippen molar-refractivity contribution in [2.45, 2.75) is 26.9 Å². The van der Waals surface area contributed by atoms with E-state index in [1.807, 2.05) is 56.3 Å². The van der Waals surface area contributed by atoms with Crippen LogP contribution in [0.25, 0.3) is 22.1 Å². The number of benzene rings is 3. The first kappa shape index (κ1) is 19.8. The Labute approximate surface area is 176 Å². The second-order valence-corrected chi connectivity index (χ2v) is 7.21. The molecule has 0 N–H and O–H groups in total. The quantitative estimate of drug-likeness (QED) is 0.352. The Morgan fingerprint density at radius 2 is 1.80 bits per heavy atom. The number of aryl methyl sites for hydroxylation is 1. The summed E-state index contributed by atoms with van der Waals surface area (Å²) in [5.74, 6) is 0.430. The largest absolute Gasteiger partial charge is 0.489 e. The van der Waals surface area contributed by atoms with Crippen molar-refractivity contribution in [3.63, 3.8) is 0 Å². The van der Waals surface area contributed by atoms with Crippen molar-refractivity contribution in [1.82, 2.24) is 0 Å². The molecule has 4 rings (SSSR count). The summed E-state index contributed by atoms with van der Waals surface area (Å²) in [5, 5.41) is 1.05. The van der Waals surface area contributed by atoms with E-state index < -0.39 is 0 Å². The molecule has 0 unspecified atom stereocenters. The first-order valence-electron chi connectivity index (χ1n) is 10.1. The van der Waals surface area contributed by atoms with Crippen LogP contribution in [0.4, 0.5) is 0 Å². The third-order valence-electron chi connectivity index (χ3n) is 5.01. The lowest BCUT2D eigenvalue weighted by atomic mass is 10.0. The minimum absolute atomic E-state index is 0.179. The number of furan rings is 1. The SMILES string of the molecule is CCOC(=O)Cc1ccc(-c2ccccc2)cc1OCc1cc(C)c2occc2c1. The van der Waals surface area contributed by atoms with Gasteiger partial charge in [-0.15, -0.1) is 0 Å². The zero-order valence-corrected chi connectivity index (χ0v) is 17.2. The highest BCUT2D eigenvalue weighted by molar-refractivity contribution is 5.81. The van der Waals surface area contributed by atoms with E-state index in [9.17, 15) is 4.79 Å². The lowest BCUT2D eigenvalue weighted by Crippen LogP contribution is -2.09. The fourth-order valence-electron chi connectivity index (χ4n) is 3.60. The average molecular weight is 400 g/mol. The highest BCUT2D eigenvalue weighted by atomic mass is 16.5. The van der Waals surface area contributed by atoms with Gasteiger partial charge in [0, 0.05) is 10.9 Å². The molecule has 0 aliphatic heterocycles. The third-order valence-corrected chi connectivity index (χ3v) is 5.01. The highest BCUT2D eigenvalue weighted by Crippen LogP contribution is 2.29. The summed E-state index contributed by atoms with van der Waals surface area (Å²) in [6, 6.07) is 22.1. The molecule has 3 aromatic carbocycles. The number of hydrogen-bond donors (Lipinski definition) is 0. The predicted octanol–water partition coefficient (Wildman–Crippen LogP) is 6.09. The maximum absolute atomic E-state index is 12.1. The summed E-state index contributed by atoms with van der Waals surface area (Å²) in [4.78, 5) is 12.1. The molecule has 0 saturated heterocycles. The Kier molecular flexibility index (Phi) is 5.84. The summed E-state index contributed by atoms with van der Waals surface area (Å²) in [6.07, 6.45) is 1.88. The second kappa shape index (κ2) is 8.87. The molecule has 152 valence electrons. The summed E-state index contributed by atoms with van der Waals surface area (Å²) in [7, 11) is 0. The van der Waals surface area contributed by atoms with Crippen LogP contribution in [-0.4, -0.2) is 12.6 Å². The van der Waals surface area contributed by atoms with E-state index in [0.29, 0.717) is 19.0 Å². The molecule has 1 heterocycles. The number of hydrogen-bond acceptors (Lipinski definition) is 4. The topological polar surface area (TPSA) is 48.7 Å². The molecule has 4 heteroatoms. The summed E-state index contributed by atoms with van der Waals surface area (Å²) < 4.78 is 16.9. The maximum atomic E-state index is 12.1. The molecular formula is C26H24O4. The second-order valence-electron chi connectivity index (χ2n) is 7.21. The molecule has 30 heavy (non-hydrogen) atoms. The lowest BCUT2D eigenvalue weighted by Gasteiger charge is -2.14. The van der Waals surface area contributed by atoms with Crippen LogP contribution in [0.2, 0.25) is 0 Å². The average Bonchev–Trinajstić information content (AvgIpc) is 3.23. The summed E-state index contributed by atoms with van der Waals surface area (Å²) in [6.45, 7) is 4.59. The lowest BCUT2D eigenvalue weighted by molar-refractivity contribution is -0.142. The Hall–Kier alpha value is -3.53. The van der Waals surface area contributed by atoms with Gasteiger partial charge in [-0.2, -0.15) is 0 Å². The molecule has 0 aliphatic carbocycles. The van der Waals surface area contributed by atoms with Gasteiger partial charge in [0.15, 0.2) is 0 Å². The van der Waals surface area contributed by atoms with Gasteiger partial charge >= 0.3 is 5.97 Å². The molecule has 0 saturated carbocycles. The Morgan fingerprint density at radius 3 is 2.60 bits per heavy atom. The minimum atomic E-state index is -0.259. The molecule has 0 aliphatic rings. The van der Waals surface area contributed by atoms with Crippen LogP contribution in [0, 0.1) is 6.92 Å². The van der Waals surface area contributed by atoms with Gasteiger partial charge in [-0.3, -0.25) is 4.79 Å². The molecule has 0 amide bonds. The molecule has 1 aromatic heterocycles. The first-order valence-corrected chi connectivity index (χ1v) is 10.1. The van der Waals surface area contributed by atoms with Crippen LogP contribution in [0.5, 0.6) is 5.75 Å². The van der Waals surface area contributed by atoms with E-state index in [1.165, 1.54) is 0 Å². The van der Waals surface area contributed by atoms with Gasteiger partial charge in [0.2, 0.25) is 0 Å². The Bertz CT molecular complexity index is 1160. The standard InChI is InChI=1S/C26H24O4/c1-3-28-25(27)16-22-10-9-21(20-7-5-4-6-8-20)15-24(22)30-17-19-13-18(2)26-23(14-19)11-12-29-26/h4-15H,3,16-17H2,1-2H3. The van der Waals surface area contributed by atoms with Crippen molar-refractivity contribution in [1.29, 1.82) is 0 Å². The van der Waals surface area contributed by atoms with Crippen LogP contribution < -0.4 is 4.74 Å². The molecule has 0 bridgehead atoms. The number of ether oxygens (including phenoxy) is 2. The fraction of sp³-hybridized carbons (Fsp3) is 0.192. The van der Waals surface area contributed by atoms with E-state index in [0.717, 1.165) is 38.8 Å². The van der Waals surface area contributed by atoms with E-state index in [2.05, 4.69) is 24.3 Å². The highest BCUT2D eigenvalue weighted by Gasteiger charge is 2.13. The van der Waals surface area contributed by atoms with Gasteiger partial charge in [0.1, 0.15) is 17.9 Å². The van der Waals surface area contributed by atoms with E-state index >= 15 is 0 Å². The van der Waals surface area contributed by atoms with Gasteiger partial charge in [-0.25, -0.2) is 0 Å². The minimum Gasteiger partial charge on any atom is -0.489 e. The molecule has 0 spiro atoms. The number of rotatable bonds is 7. The van der Waals surface area contributed by atoms with Gasteiger partial charge in [0.25, 0.3) is 0 Å². The molecule has 0 fully saturated rings. The van der Waals surface area contributed by atoms with E-state index in [1.54, 1.807) is 6.26 Å². The summed E-state index contributed by atoms with van der Waals surface area (Å²) >= 11 is 0. The van der Waals surface area contributed by atoms with Crippen molar-refractivity contribution in [2.24, 2.45) is 0 Å². The smallest absolute Gasteiger partial charge is 0.310 e. The zero-order chi connectivity index (χ0) is 20.9. The molecule has 0 atom stereocenters. The molecular weight excluding hydrogens is 376 g/mol. The van der Waals surface area contributed by atoms with E-state index in [4.69, 9.17) is 13.9 Å². The number of esters is 1. The van der Waals surface area contributed by atoms with Crippen LogP contribution in [0.15, 0.2) is 77.4 Å². The van der Waals surface area contributed by atoms with Crippen molar-refractivity contribution >= 4 is 16.9 Å².